The van der Waals surface area contributed by atoms with Crippen molar-refractivity contribution >= 4 is 16.9 Å². The number of carboxylic acid groups (broad SMARTS) is 1. The number of aromatic nitrogens is 1. The minimum absolute atomic E-state index is 0.00875. The third-order valence-corrected chi connectivity index (χ3v) is 5.95. The molecule has 1 aliphatic rings. The fourth-order valence-electron chi connectivity index (χ4n) is 4.33. The number of fused-ring (bicyclic) bond motifs is 1. The first-order chi connectivity index (χ1) is 17.1. The van der Waals surface area contributed by atoms with E-state index in [-0.39, 0.29) is 24.2 Å². The van der Waals surface area contributed by atoms with Crippen LogP contribution in [0.4, 0.5) is 0 Å². The molecule has 7 nitrogen and oxygen atoms in total. The summed E-state index contributed by atoms with van der Waals surface area (Å²) in [5.74, 6) is 0.170. The fraction of sp³-hybridized carbons (Fsp3) is 0.379. The molecular weight excluding hydrogens is 456 g/mol. The number of hydrogen-bond acceptors (Lipinski definition) is 6. The molecule has 1 aliphatic carbocycles. The summed E-state index contributed by atoms with van der Waals surface area (Å²) in [6.45, 7) is 9.56. The van der Waals surface area contributed by atoms with Crippen molar-refractivity contribution in [3.05, 3.63) is 72.6 Å². The molecule has 4 rings (SSSR count). The topological polar surface area (TPSA) is 101 Å². The maximum absolute atomic E-state index is 11.0. The number of nitrogens with one attached hydrogen (secondary N) is 1. The van der Waals surface area contributed by atoms with E-state index < -0.39 is 5.97 Å². The Morgan fingerprint density at radius 1 is 1.14 bits per heavy atom. The largest absolute Gasteiger partial charge is 0.497 e. The van der Waals surface area contributed by atoms with E-state index in [0.717, 1.165) is 52.7 Å². The number of aliphatic carboxylic acids is 1. The highest BCUT2D eigenvalue weighted by Crippen LogP contribution is 2.28. The van der Waals surface area contributed by atoms with Crippen molar-refractivity contribution in [3.8, 4) is 17.0 Å². The van der Waals surface area contributed by atoms with Crippen molar-refractivity contribution in [1.29, 1.82) is 0 Å². The van der Waals surface area contributed by atoms with E-state index in [4.69, 9.17) is 14.6 Å². The first-order valence-corrected chi connectivity index (χ1v) is 12.1. The Hall–Kier alpha value is -3.58. The summed E-state index contributed by atoms with van der Waals surface area (Å²) in [5, 5.41) is 22.6. The van der Waals surface area contributed by atoms with Crippen molar-refractivity contribution in [2.45, 2.75) is 58.3 Å². The van der Waals surface area contributed by atoms with Gasteiger partial charge in [-0.25, -0.2) is 4.98 Å². The molecule has 0 spiro atoms. The average molecular weight is 493 g/mol. The van der Waals surface area contributed by atoms with E-state index in [2.05, 4.69) is 16.9 Å². The molecule has 2 atom stereocenters. The van der Waals surface area contributed by atoms with Crippen LogP contribution >= 0.6 is 0 Å². The number of methoxy groups -OCH3 is 1. The molecule has 0 amide bonds. The number of rotatable bonds is 7. The minimum Gasteiger partial charge on any atom is -0.497 e. The Bertz CT molecular complexity index is 1190. The number of hydrogen-bond donors (Lipinski definition) is 3. The molecule has 192 valence electrons. The molecule has 1 heterocycles. The maximum atomic E-state index is 11.0. The third-order valence-electron chi connectivity index (χ3n) is 5.95. The van der Waals surface area contributed by atoms with Crippen molar-refractivity contribution in [2.75, 3.05) is 7.11 Å². The molecule has 1 saturated carbocycles. The summed E-state index contributed by atoms with van der Waals surface area (Å²) in [7, 11) is 1.63. The van der Waals surface area contributed by atoms with Gasteiger partial charge in [-0.3, -0.25) is 4.79 Å². The summed E-state index contributed by atoms with van der Waals surface area (Å²) in [5.41, 5.74) is 3.29. The summed E-state index contributed by atoms with van der Waals surface area (Å²) in [6, 6.07) is 17.5. The van der Waals surface area contributed by atoms with E-state index in [1.807, 2.05) is 75.4 Å². The molecular formula is C29H36N2O5. The molecule has 1 aromatic heterocycles. The zero-order valence-electron chi connectivity index (χ0n) is 21.5. The molecule has 0 aliphatic heterocycles. The number of benzene rings is 2. The summed E-state index contributed by atoms with van der Waals surface area (Å²) in [6.07, 6.45) is 2.54. The van der Waals surface area contributed by atoms with Crippen LogP contribution in [0.2, 0.25) is 0 Å². The predicted molar refractivity (Wildman–Crippen MR) is 142 cm³/mol. The number of aliphatic hydroxyl groups is 1. The van der Waals surface area contributed by atoms with E-state index in [1.54, 1.807) is 7.11 Å². The van der Waals surface area contributed by atoms with E-state index >= 15 is 0 Å². The van der Waals surface area contributed by atoms with Crippen LogP contribution < -0.4 is 10.1 Å². The summed E-state index contributed by atoms with van der Waals surface area (Å²) < 4.78 is 10.8. The van der Waals surface area contributed by atoms with Crippen LogP contribution in [0.1, 0.15) is 45.6 Å². The van der Waals surface area contributed by atoms with Gasteiger partial charge in [-0.15, -0.1) is 0 Å². The van der Waals surface area contributed by atoms with Crippen LogP contribution in [0.15, 0.2) is 67.1 Å². The number of aliphatic hydroxyl groups excluding tert-OH is 1. The molecule has 1 unspecified atom stereocenters. The van der Waals surface area contributed by atoms with Gasteiger partial charge in [-0.2, -0.15) is 0 Å². The Kier molecular flexibility index (Phi) is 8.93. The SMILES string of the molecule is C=C(NC1CCC[C@H]1C(=O)O)OC(C)(C)C.COc1ccc2c(CO)cc(-c3ccccc3)nc2c1. The van der Waals surface area contributed by atoms with Gasteiger partial charge in [0.25, 0.3) is 0 Å². The lowest BCUT2D eigenvalue weighted by Gasteiger charge is -2.26. The monoisotopic (exact) mass is 492 g/mol. The summed E-state index contributed by atoms with van der Waals surface area (Å²) >= 11 is 0. The highest BCUT2D eigenvalue weighted by atomic mass is 16.5. The standard InChI is InChI=1S/C17H15NO2.C12H21NO3/c1-20-14-7-8-15-13(11-19)9-16(18-17(15)10-14)12-5-3-2-4-6-12;1-8(16-12(2,3)4)13-10-7-5-6-9(10)11(14)15/h2-10,19H,11H2,1H3;9-10,13H,1,5-7H2,2-4H3,(H,14,15)/t;9-,10?/m.1/s1. The van der Waals surface area contributed by atoms with Gasteiger partial charge in [-0.05, 0) is 64.0 Å². The lowest BCUT2D eigenvalue weighted by atomic mass is 10.0. The Labute approximate surface area is 212 Å². The molecule has 0 saturated heterocycles. The zero-order valence-corrected chi connectivity index (χ0v) is 21.5. The molecule has 2 aromatic carbocycles. The molecule has 7 heteroatoms. The number of carbonyl (C=O) groups is 1. The first kappa shape index (κ1) is 27.0. The highest BCUT2D eigenvalue weighted by Gasteiger charge is 2.33. The Balaban J connectivity index is 0.000000207. The second-order valence-corrected chi connectivity index (χ2v) is 9.84. The van der Waals surface area contributed by atoms with Crippen LogP contribution in [0, 0.1) is 5.92 Å². The fourth-order valence-corrected chi connectivity index (χ4v) is 4.33. The third kappa shape index (κ3) is 7.21. The van der Waals surface area contributed by atoms with Crippen molar-refractivity contribution < 1.29 is 24.5 Å². The molecule has 1 fully saturated rings. The van der Waals surface area contributed by atoms with Gasteiger partial charge < -0.3 is 25.0 Å². The highest BCUT2D eigenvalue weighted by molar-refractivity contribution is 5.86. The van der Waals surface area contributed by atoms with Gasteiger partial charge in [0.2, 0.25) is 0 Å². The van der Waals surface area contributed by atoms with Gasteiger partial charge in [-0.1, -0.05) is 36.8 Å². The van der Waals surface area contributed by atoms with Gasteiger partial charge >= 0.3 is 5.97 Å². The lowest BCUT2D eigenvalue weighted by Crippen LogP contribution is -2.37. The number of ether oxygens (including phenoxy) is 2. The predicted octanol–water partition coefficient (Wildman–Crippen LogP) is 5.52. The van der Waals surface area contributed by atoms with Crippen molar-refractivity contribution in [2.24, 2.45) is 5.92 Å². The molecule has 0 bridgehead atoms. The van der Waals surface area contributed by atoms with Crippen LogP contribution in [0.3, 0.4) is 0 Å². The van der Waals surface area contributed by atoms with Gasteiger partial charge in [0.05, 0.1) is 30.8 Å². The maximum Gasteiger partial charge on any atom is 0.308 e. The smallest absolute Gasteiger partial charge is 0.308 e. The van der Waals surface area contributed by atoms with Crippen LogP contribution in [-0.4, -0.2) is 39.9 Å². The molecule has 0 radical (unpaired) electrons. The number of carboxylic acids is 1. The lowest BCUT2D eigenvalue weighted by molar-refractivity contribution is -0.142. The Morgan fingerprint density at radius 2 is 1.86 bits per heavy atom. The first-order valence-electron chi connectivity index (χ1n) is 12.1. The zero-order chi connectivity index (χ0) is 26.3. The number of pyridine rings is 1. The normalized spacial score (nSPS) is 17.1. The second-order valence-electron chi connectivity index (χ2n) is 9.84. The quantitative estimate of drug-likeness (QED) is 0.373. The number of nitrogens with zero attached hydrogens (tertiary/aromatic N) is 1. The van der Waals surface area contributed by atoms with Gasteiger partial charge in [0.1, 0.15) is 11.4 Å². The second kappa shape index (κ2) is 11.9. The van der Waals surface area contributed by atoms with Crippen molar-refractivity contribution in [1.82, 2.24) is 10.3 Å². The average Bonchev–Trinajstić information content (AvgIpc) is 3.31. The van der Waals surface area contributed by atoms with Crippen LogP contribution in [0.5, 0.6) is 5.75 Å². The van der Waals surface area contributed by atoms with E-state index in [9.17, 15) is 9.90 Å². The van der Waals surface area contributed by atoms with Gasteiger partial charge in [0.15, 0.2) is 5.88 Å². The van der Waals surface area contributed by atoms with Gasteiger partial charge in [0, 0.05) is 23.1 Å². The molecule has 3 aromatic rings. The van der Waals surface area contributed by atoms with E-state index in [0.29, 0.717) is 5.88 Å². The molecule has 36 heavy (non-hydrogen) atoms. The summed E-state index contributed by atoms with van der Waals surface area (Å²) in [4.78, 5) is 15.6. The minimum atomic E-state index is -0.737. The Morgan fingerprint density at radius 3 is 2.47 bits per heavy atom. The van der Waals surface area contributed by atoms with Crippen LogP contribution in [-0.2, 0) is 16.1 Å². The van der Waals surface area contributed by atoms with Crippen LogP contribution in [0.25, 0.3) is 22.2 Å². The molecule has 3 N–H and O–H groups in total. The van der Waals surface area contributed by atoms with Crippen molar-refractivity contribution in [3.63, 3.8) is 0 Å². The van der Waals surface area contributed by atoms with E-state index in [1.165, 1.54) is 0 Å².